The monoisotopic (exact) mass is 381 g/mol. The van der Waals surface area contributed by atoms with Crippen LogP contribution in [0, 0.1) is 0 Å². The molecular weight excluding hydrogens is 366 g/mol. The van der Waals surface area contributed by atoms with E-state index >= 15 is 0 Å². The minimum atomic E-state index is -0.454. The van der Waals surface area contributed by atoms with Crippen LogP contribution in [0.15, 0.2) is 73.1 Å². The second-order valence-corrected chi connectivity index (χ2v) is 6.03. The molecule has 2 amide bonds. The van der Waals surface area contributed by atoms with Crippen molar-refractivity contribution < 1.29 is 14.3 Å². The summed E-state index contributed by atoms with van der Waals surface area (Å²) in [6, 6.07) is 16.7. The number of rotatable bonds is 5. The molecule has 0 fully saturated rings. The fourth-order valence-electron chi connectivity index (χ4n) is 2.24. The average molecular weight is 382 g/mol. The number of benzene rings is 2. The third-order valence-electron chi connectivity index (χ3n) is 3.62. The van der Waals surface area contributed by atoms with Crippen LogP contribution in [0.1, 0.15) is 26.3 Å². The minimum Gasteiger partial charge on any atom is -0.489 e. The highest BCUT2D eigenvalue weighted by molar-refractivity contribution is 6.30. The van der Waals surface area contributed by atoms with E-state index in [0.29, 0.717) is 28.5 Å². The van der Waals surface area contributed by atoms with E-state index in [9.17, 15) is 9.59 Å². The van der Waals surface area contributed by atoms with Gasteiger partial charge in [0.05, 0.1) is 0 Å². The third-order valence-corrected chi connectivity index (χ3v) is 3.87. The maximum Gasteiger partial charge on any atom is 0.269 e. The number of pyridine rings is 1. The fraction of sp³-hybridized carbons (Fsp3) is 0.0500. The number of ether oxygens (including phenoxy) is 1. The van der Waals surface area contributed by atoms with E-state index in [2.05, 4.69) is 15.8 Å². The Morgan fingerprint density at radius 1 is 0.926 bits per heavy atom. The van der Waals surface area contributed by atoms with Crippen LogP contribution in [0.25, 0.3) is 0 Å². The molecule has 0 saturated carbocycles. The Labute approximate surface area is 161 Å². The summed E-state index contributed by atoms with van der Waals surface area (Å²) >= 11 is 5.79. The number of carbonyl (C=O) groups excluding carboxylic acids is 2. The zero-order valence-corrected chi connectivity index (χ0v) is 14.9. The van der Waals surface area contributed by atoms with Gasteiger partial charge in [0.15, 0.2) is 0 Å². The summed E-state index contributed by atoms with van der Waals surface area (Å²) in [7, 11) is 0. The number of halogens is 1. The maximum atomic E-state index is 12.2. The van der Waals surface area contributed by atoms with Crippen LogP contribution in [0.5, 0.6) is 5.75 Å². The van der Waals surface area contributed by atoms with Crippen molar-refractivity contribution in [1.29, 1.82) is 0 Å². The summed E-state index contributed by atoms with van der Waals surface area (Å²) in [6.45, 7) is 0.339. The average Bonchev–Trinajstić information content (AvgIpc) is 2.72. The second-order valence-electron chi connectivity index (χ2n) is 5.59. The Bertz CT molecular complexity index is 931. The van der Waals surface area contributed by atoms with Gasteiger partial charge in [-0.1, -0.05) is 23.7 Å². The SMILES string of the molecule is O=C(NNC(=O)c1cccc(OCc2cccnc2)c1)c1ccc(Cl)cc1. The Hall–Kier alpha value is -3.38. The third kappa shape index (κ3) is 5.29. The zero-order chi connectivity index (χ0) is 19.1. The second kappa shape index (κ2) is 8.82. The molecule has 3 aromatic rings. The fourth-order valence-corrected chi connectivity index (χ4v) is 2.36. The first-order valence-corrected chi connectivity index (χ1v) is 8.47. The van der Waals surface area contributed by atoms with Crippen molar-refractivity contribution in [3.8, 4) is 5.75 Å². The van der Waals surface area contributed by atoms with Gasteiger partial charge in [-0.05, 0) is 48.5 Å². The standard InChI is InChI=1S/C20H16ClN3O3/c21-17-8-6-15(7-9-17)19(25)23-24-20(26)16-4-1-5-18(11-16)27-13-14-3-2-10-22-12-14/h1-12H,13H2,(H,23,25)(H,24,26). The first kappa shape index (κ1) is 18.4. The van der Waals surface area contributed by atoms with Crippen molar-refractivity contribution in [1.82, 2.24) is 15.8 Å². The number of hydrogen-bond acceptors (Lipinski definition) is 4. The summed E-state index contributed by atoms with van der Waals surface area (Å²) in [6.07, 6.45) is 3.40. The van der Waals surface area contributed by atoms with Gasteiger partial charge in [0.2, 0.25) is 0 Å². The lowest BCUT2D eigenvalue weighted by molar-refractivity contribution is 0.0846. The van der Waals surface area contributed by atoms with E-state index in [0.717, 1.165) is 5.56 Å². The number of nitrogens with zero attached hydrogens (tertiary/aromatic N) is 1. The molecule has 136 valence electrons. The first-order valence-electron chi connectivity index (χ1n) is 8.10. The molecule has 0 spiro atoms. The Kier molecular flexibility index (Phi) is 6.02. The van der Waals surface area contributed by atoms with E-state index in [1.165, 1.54) is 0 Å². The highest BCUT2D eigenvalue weighted by Crippen LogP contribution is 2.15. The number of amides is 2. The Morgan fingerprint density at radius 3 is 2.37 bits per heavy atom. The van der Waals surface area contributed by atoms with Gasteiger partial charge in [0, 0.05) is 34.1 Å². The summed E-state index contributed by atoms with van der Waals surface area (Å²) < 4.78 is 5.67. The molecular formula is C20H16ClN3O3. The van der Waals surface area contributed by atoms with Crippen LogP contribution in [-0.2, 0) is 6.61 Å². The van der Waals surface area contributed by atoms with Gasteiger partial charge in [-0.25, -0.2) is 0 Å². The van der Waals surface area contributed by atoms with Gasteiger partial charge in [-0.3, -0.25) is 25.4 Å². The van der Waals surface area contributed by atoms with Gasteiger partial charge in [-0.2, -0.15) is 0 Å². The van der Waals surface area contributed by atoms with Crippen LogP contribution in [0.4, 0.5) is 0 Å². The zero-order valence-electron chi connectivity index (χ0n) is 14.2. The lowest BCUT2D eigenvalue weighted by Gasteiger charge is -2.10. The minimum absolute atomic E-state index is 0.339. The van der Waals surface area contributed by atoms with Crippen LogP contribution in [0.3, 0.4) is 0 Å². The largest absolute Gasteiger partial charge is 0.489 e. The number of hydrazine groups is 1. The van der Waals surface area contributed by atoms with Crippen molar-refractivity contribution in [2.45, 2.75) is 6.61 Å². The number of nitrogens with one attached hydrogen (secondary N) is 2. The van der Waals surface area contributed by atoms with Crippen molar-refractivity contribution >= 4 is 23.4 Å². The molecule has 0 aliphatic rings. The van der Waals surface area contributed by atoms with Crippen LogP contribution in [0.2, 0.25) is 5.02 Å². The molecule has 1 aromatic heterocycles. The molecule has 27 heavy (non-hydrogen) atoms. The molecule has 0 unspecified atom stereocenters. The molecule has 2 N–H and O–H groups in total. The van der Waals surface area contributed by atoms with Gasteiger partial charge < -0.3 is 4.74 Å². The van der Waals surface area contributed by atoms with Crippen molar-refractivity contribution in [2.24, 2.45) is 0 Å². The molecule has 0 saturated heterocycles. The highest BCUT2D eigenvalue weighted by atomic mass is 35.5. The molecule has 1 heterocycles. The lowest BCUT2D eigenvalue weighted by atomic mass is 10.2. The van der Waals surface area contributed by atoms with E-state index in [-0.39, 0.29) is 0 Å². The van der Waals surface area contributed by atoms with Crippen molar-refractivity contribution in [2.75, 3.05) is 0 Å². The van der Waals surface area contributed by atoms with Crippen molar-refractivity contribution in [3.63, 3.8) is 0 Å². The molecule has 0 radical (unpaired) electrons. The molecule has 0 atom stereocenters. The van der Waals surface area contributed by atoms with Crippen molar-refractivity contribution in [3.05, 3.63) is 94.8 Å². The van der Waals surface area contributed by atoms with E-state index in [1.54, 1.807) is 60.9 Å². The van der Waals surface area contributed by atoms with E-state index in [1.807, 2.05) is 12.1 Å². The van der Waals surface area contributed by atoms with Crippen LogP contribution < -0.4 is 15.6 Å². The van der Waals surface area contributed by atoms with Gasteiger partial charge >= 0.3 is 0 Å². The molecule has 2 aromatic carbocycles. The van der Waals surface area contributed by atoms with Crippen LogP contribution >= 0.6 is 11.6 Å². The van der Waals surface area contributed by atoms with E-state index < -0.39 is 11.8 Å². The molecule has 0 aliphatic heterocycles. The number of carbonyl (C=O) groups is 2. The van der Waals surface area contributed by atoms with Crippen LogP contribution in [-0.4, -0.2) is 16.8 Å². The molecule has 0 aliphatic carbocycles. The topological polar surface area (TPSA) is 80.3 Å². The van der Waals surface area contributed by atoms with Gasteiger partial charge in [0.25, 0.3) is 11.8 Å². The number of aromatic nitrogens is 1. The van der Waals surface area contributed by atoms with Gasteiger partial charge in [-0.15, -0.1) is 0 Å². The quantitative estimate of drug-likeness (QED) is 0.664. The molecule has 3 rings (SSSR count). The van der Waals surface area contributed by atoms with Gasteiger partial charge in [0.1, 0.15) is 12.4 Å². The predicted octanol–water partition coefficient (Wildman–Crippen LogP) is 3.39. The highest BCUT2D eigenvalue weighted by Gasteiger charge is 2.10. The Morgan fingerprint density at radius 2 is 1.67 bits per heavy atom. The first-order chi connectivity index (χ1) is 13.1. The summed E-state index contributed by atoms with van der Waals surface area (Å²) in [4.78, 5) is 28.3. The molecule has 7 heteroatoms. The summed E-state index contributed by atoms with van der Waals surface area (Å²) in [5, 5.41) is 0.527. The number of hydrogen-bond donors (Lipinski definition) is 2. The molecule has 0 bridgehead atoms. The summed E-state index contributed by atoms with van der Waals surface area (Å²) in [5.74, 6) is -0.358. The maximum absolute atomic E-state index is 12.2. The smallest absolute Gasteiger partial charge is 0.269 e. The van der Waals surface area contributed by atoms with E-state index in [4.69, 9.17) is 16.3 Å². The predicted molar refractivity (Wildman–Crippen MR) is 101 cm³/mol. The lowest BCUT2D eigenvalue weighted by Crippen LogP contribution is -2.41. The summed E-state index contributed by atoms with van der Waals surface area (Å²) in [5.41, 5.74) is 6.40. The molecule has 6 nitrogen and oxygen atoms in total. The Balaban J connectivity index is 1.56. The normalized spacial score (nSPS) is 10.1.